The van der Waals surface area contributed by atoms with Gasteiger partial charge in [-0.1, -0.05) is 0 Å². The molecule has 0 saturated carbocycles. The Hall–Kier alpha value is -1.82. The second-order valence-electron chi connectivity index (χ2n) is 7.92. The summed E-state index contributed by atoms with van der Waals surface area (Å²) in [5, 5.41) is 9.01. The van der Waals surface area contributed by atoms with Crippen LogP contribution < -0.4 is 24.0 Å². The van der Waals surface area contributed by atoms with E-state index >= 15 is 0 Å². The van der Waals surface area contributed by atoms with Gasteiger partial charge < -0.3 is 29.1 Å². The molecule has 0 bridgehead atoms. The zero-order valence-corrected chi connectivity index (χ0v) is 19.5. The molecule has 2 rings (SSSR count). The van der Waals surface area contributed by atoms with E-state index in [1.54, 1.807) is 0 Å². The van der Waals surface area contributed by atoms with E-state index < -0.39 is 74.4 Å². The summed E-state index contributed by atoms with van der Waals surface area (Å²) in [7, 11) is 0. The van der Waals surface area contributed by atoms with Crippen LogP contribution in [0.3, 0.4) is 0 Å². The van der Waals surface area contributed by atoms with Gasteiger partial charge in [-0.3, -0.25) is 0 Å². The van der Waals surface area contributed by atoms with Gasteiger partial charge in [-0.05, 0) is 26.0 Å². The van der Waals surface area contributed by atoms with Crippen LogP contribution in [0.25, 0.3) is 0 Å². The lowest BCUT2D eigenvalue weighted by Gasteiger charge is -2.37. The van der Waals surface area contributed by atoms with Gasteiger partial charge in [0.25, 0.3) is 0 Å². The molecule has 3 nitrogen and oxygen atoms in total. The quantitative estimate of drug-likeness (QED) is 0.222. The Morgan fingerprint density at radius 3 is 1.63 bits per heavy atom. The highest BCUT2D eigenvalue weighted by Gasteiger charge is 2.94. The summed E-state index contributed by atoms with van der Waals surface area (Å²) >= 11 is 0. The Labute approximate surface area is 204 Å². The molecular weight excluding hydrogens is 636 g/mol. The van der Waals surface area contributed by atoms with E-state index in [-0.39, 0.29) is 24.0 Å². The second kappa shape index (κ2) is 8.36. The maximum absolute atomic E-state index is 14.8. The fourth-order valence-corrected chi connectivity index (χ4v) is 3.28. The summed E-state index contributed by atoms with van der Waals surface area (Å²) in [5.74, 6) is -32.9. The maximum Gasteiger partial charge on any atom is 0.534 e. The van der Waals surface area contributed by atoms with Crippen molar-refractivity contribution < 1.29 is 95.5 Å². The average molecular weight is 649 g/mol. The lowest BCUT2D eigenvalue weighted by atomic mass is 9.81. The number of hydrogen-bond donors (Lipinski definition) is 1. The van der Waals surface area contributed by atoms with Crippen LogP contribution >= 0.6 is 0 Å². The number of aromatic carboxylic acids is 1. The van der Waals surface area contributed by atoms with Crippen molar-refractivity contribution in [1.82, 2.24) is 0 Å². The summed E-state index contributed by atoms with van der Waals surface area (Å²) < 4.78 is 175. The fourth-order valence-electron chi connectivity index (χ4n) is 3.28. The normalized spacial score (nSPS) is 17.3. The number of carboxylic acids is 1. The second-order valence-corrected chi connectivity index (χ2v) is 7.92. The highest BCUT2D eigenvalue weighted by molar-refractivity contribution is 5.95. The van der Waals surface area contributed by atoms with Crippen LogP contribution in [0.1, 0.15) is 36.7 Å². The average Bonchev–Trinajstić information content (AvgIpc) is 2.86. The van der Waals surface area contributed by atoms with Crippen LogP contribution in [0.2, 0.25) is 0 Å². The summed E-state index contributed by atoms with van der Waals surface area (Å²) in [4.78, 5) is 11.1. The monoisotopic (exact) mass is 649 g/mol. The van der Waals surface area contributed by atoms with Gasteiger partial charge >= 0.3 is 41.9 Å². The minimum absolute atomic E-state index is 0. The predicted octanol–water partition coefficient (Wildman–Crippen LogP) is 3.48. The van der Waals surface area contributed by atoms with Crippen LogP contribution in [0.4, 0.5) is 62.8 Å². The van der Waals surface area contributed by atoms with Crippen molar-refractivity contribution in [3.05, 3.63) is 29.3 Å². The first kappa shape index (κ1) is 31.2. The molecule has 1 aliphatic heterocycles. The lowest BCUT2D eigenvalue weighted by molar-refractivity contribution is -0.663. The molecule has 0 saturated heterocycles. The number of hydrogen-bond acceptors (Lipinski definition) is 1. The predicted molar refractivity (Wildman–Crippen MR) is 87.8 cm³/mol. The third-order valence-corrected chi connectivity index (χ3v) is 5.60. The van der Waals surface area contributed by atoms with Gasteiger partial charge in [0, 0.05) is 18.6 Å². The molecule has 0 fully saturated rings. The summed E-state index contributed by atoms with van der Waals surface area (Å²) in [6.45, 7) is 2.71. The van der Waals surface area contributed by atoms with Crippen molar-refractivity contribution in [2.75, 3.05) is 0 Å². The van der Waals surface area contributed by atoms with Crippen LogP contribution in [0.15, 0.2) is 18.2 Å². The van der Waals surface area contributed by atoms with E-state index in [1.807, 2.05) is 0 Å². The summed E-state index contributed by atoms with van der Waals surface area (Å²) in [6.07, 6.45) is -7.50. The SMILES string of the molecule is CC1=[N+](C(F)(F)C(F)(F)C(F)(F)C(F)(F)C(F)(F)C(F)(F)F)c2ccc(C(=O)O)cc2C1(C)C.[I-]. The van der Waals surface area contributed by atoms with Gasteiger partial charge in [0.1, 0.15) is 0 Å². The highest BCUT2D eigenvalue weighted by atomic mass is 127. The molecule has 1 aromatic rings. The number of carboxylic acid groups (broad SMARTS) is 1. The molecule has 0 spiro atoms. The molecule has 200 valence electrons. The van der Waals surface area contributed by atoms with E-state index in [1.165, 1.54) is 0 Å². The van der Waals surface area contributed by atoms with Gasteiger partial charge in [0.15, 0.2) is 5.71 Å². The molecule has 1 aromatic carbocycles. The van der Waals surface area contributed by atoms with Crippen LogP contribution in [0.5, 0.6) is 0 Å². The van der Waals surface area contributed by atoms with Gasteiger partial charge in [-0.2, -0.15) is 48.3 Å². The first-order chi connectivity index (χ1) is 14.8. The zero-order chi connectivity index (χ0) is 27.1. The summed E-state index contributed by atoms with van der Waals surface area (Å²) in [6, 6.07) is -4.79. The Morgan fingerprint density at radius 1 is 0.800 bits per heavy atom. The molecule has 1 heterocycles. The molecular formula is C18H13F13INO2. The van der Waals surface area contributed by atoms with Crippen molar-refractivity contribution >= 4 is 17.4 Å². The van der Waals surface area contributed by atoms with Gasteiger partial charge in [-0.15, -0.1) is 13.4 Å². The van der Waals surface area contributed by atoms with Crippen LogP contribution in [-0.4, -0.2) is 57.3 Å². The third-order valence-electron chi connectivity index (χ3n) is 5.60. The Bertz CT molecular complexity index is 1060. The Kier molecular flexibility index (Phi) is 7.45. The van der Waals surface area contributed by atoms with Gasteiger partial charge in [0.2, 0.25) is 5.69 Å². The van der Waals surface area contributed by atoms with Gasteiger partial charge in [-0.25, -0.2) is 4.79 Å². The molecule has 17 heteroatoms. The van der Waals surface area contributed by atoms with Crippen LogP contribution in [0, 0.1) is 0 Å². The van der Waals surface area contributed by atoms with Crippen molar-refractivity contribution in [3.8, 4) is 0 Å². The molecule has 1 N–H and O–H groups in total. The van der Waals surface area contributed by atoms with E-state index in [9.17, 15) is 61.9 Å². The third kappa shape index (κ3) is 3.95. The highest BCUT2D eigenvalue weighted by Crippen LogP contribution is 2.61. The minimum Gasteiger partial charge on any atom is -1.00 e. The Balaban J connectivity index is 0.00000612. The fraction of sp³-hybridized carbons (Fsp3) is 0.556. The number of carbonyl (C=O) groups is 1. The molecule has 0 atom stereocenters. The van der Waals surface area contributed by atoms with E-state index in [0.29, 0.717) is 25.1 Å². The number of alkyl halides is 13. The molecule has 1 aliphatic rings. The number of fused-ring (bicyclic) bond motifs is 1. The van der Waals surface area contributed by atoms with Gasteiger partial charge in [0.05, 0.1) is 11.0 Å². The smallest absolute Gasteiger partial charge is 0.534 e. The molecule has 0 unspecified atom stereocenters. The molecule has 0 aromatic heterocycles. The molecule has 0 aliphatic carbocycles. The van der Waals surface area contributed by atoms with Crippen molar-refractivity contribution in [2.24, 2.45) is 0 Å². The number of benzene rings is 1. The standard InChI is InChI=1S/C18H12F13NO2.HI/c1-7-12(2,3)9-6-8(11(33)34)4-5-10(9)32(7)18(30,31)16(25,26)14(21,22)13(19,20)15(23,24)17(27,28)29;/h4-6H,1-3H3;1H. The first-order valence-corrected chi connectivity index (χ1v) is 8.79. The first-order valence-electron chi connectivity index (χ1n) is 8.79. The topological polar surface area (TPSA) is 40.3 Å². The van der Waals surface area contributed by atoms with Crippen molar-refractivity contribution in [3.63, 3.8) is 0 Å². The molecule has 0 radical (unpaired) electrons. The lowest BCUT2D eigenvalue weighted by Crippen LogP contribution is -3.00. The number of rotatable bonds is 6. The number of halogens is 14. The van der Waals surface area contributed by atoms with Crippen LogP contribution in [-0.2, 0) is 5.41 Å². The molecule has 0 amide bonds. The van der Waals surface area contributed by atoms with E-state index in [4.69, 9.17) is 5.11 Å². The Morgan fingerprint density at radius 2 is 1.23 bits per heavy atom. The summed E-state index contributed by atoms with van der Waals surface area (Å²) in [5.41, 5.74) is -4.89. The molecule has 35 heavy (non-hydrogen) atoms. The van der Waals surface area contributed by atoms with Crippen molar-refractivity contribution in [2.45, 2.75) is 62.1 Å². The maximum atomic E-state index is 14.8. The van der Waals surface area contributed by atoms with E-state index in [2.05, 4.69) is 0 Å². The van der Waals surface area contributed by atoms with Crippen molar-refractivity contribution in [1.29, 1.82) is 0 Å². The largest absolute Gasteiger partial charge is 1.00 e. The van der Waals surface area contributed by atoms with E-state index in [0.717, 1.165) is 13.8 Å². The number of nitrogens with zero attached hydrogens (tertiary/aromatic N) is 1. The minimum atomic E-state index is -8.01. The zero-order valence-electron chi connectivity index (χ0n) is 17.3.